The van der Waals surface area contributed by atoms with Gasteiger partial charge in [-0.15, -0.1) is 0 Å². The number of nitrogens with zero attached hydrogens (tertiary/aromatic N) is 3. The normalized spacial score (nSPS) is 11.7. The van der Waals surface area contributed by atoms with E-state index in [-0.39, 0.29) is 5.54 Å². The van der Waals surface area contributed by atoms with Crippen molar-refractivity contribution in [3.63, 3.8) is 0 Å². The molecule has 0 bridgehead atoms. The quantitative estimate of drug-likeness (QED) is 0.844. The first-order valence-electron chi connectivity index (χ1n) is 5.60. The third-order valence-corrected chi connectivity index (χ3v) is 2.27. The molecule has 2 heterocycles. The summed E-state index contributed by atoms with van der Waals surface area (Å²) in [6, 6.07) is 1.99. The SMILES string of the molecule is CC(C)(C)NCc1cc(-c2cnccn2)n[nH]1. The highest BCUT2D eigenvalue weighted by Gasteiger charge is 2.10. The van der Waals surface area contributed by atoms with E-state index < -0.39 is 0 Å². The van der Waals surface area contributed by atoms with Crippen LogP contribution in [0.5, 0.6) is 0 Å². The van der Waals surface area contributed by atoms with Gasteiger partial charge in [-0.25, -0.2) is 0 Å². The molecule has 5 heteroatoms. The highest BCUT2D eigenvalue weighted by molar-refractivity contribution is 5.52. The van der Waals surface area contributed by atoms with Crippen molar-refractivity contribution in [1.29, 1.82) is 0 Å². The zero-order valence-corrected chi connectivity index (χ0v) is 10.4. The largest absolute Gasteiger partial charge is 0.306 e. The Bertz CT molecular complexity index is 469. The molecule has 17 heavy (non-hydrogen) atoms. The van der Waals surface area contributed by atoms with Crippen molar-refractivity contribution in [2.75, 3.05) is 0 Å². The lowest BCUT2D eigenvalue weighted by atomic mass is 10.1. The van der Waals surface area contributed by atoms with Crippen LogP contribution in [0.3, 0.4) is 0 Å². The Morgan fingerprint density at radius 3 is 2.71 bits per heavy atom. The van der Waals surface area contributed by atoms with E-state index in [1.165, 1.54) is 0 Å². The molecule has 5 nitrogen and oxygen atoms in total. The van der Waals surface area contributed by atoms with Crippen LogP contribution in [-0.4, -0.2) is 25.7 Å². The second-order valence-corrected chi connectivity index (χ2v) is 4.97. The number of H-pyrrole nitrogens is 1. The molecule has 2 N–H and O–H groups in total. The Morgan fingerprint density at radius 2 is 2.06 bits per heavy atom. The minimum Gasteiger partial charge on any atom is -0.306 e. The zero-order chi connectivity index (χ0) is 12.3. The fourth-order valence-corrected chi connectivity index (χ4v) is 1.38. The molecule has 0 atom stereocenters. The van der Waals surface area contributed by atoms with Crippen molar-refractivity contribution >= 4 is 0 Å². The first-order chi connectivity index (χ1) is 8.04. The molecule has 0 fully saturated rings. The van der Waals surface area contributed by atoms with Crippen LogP contribution >= 0.6 is 0 Å². The molecule has 0 spiro atoms. The van der Waals surface area contributed by atoms with Crippen molar-refractivity contribution in [1.82, 2.24) is 25.5 Å². The fraction of sp³-hybridized carbons (Fsp3) is 0.417. The molecule has 2 aromatic heterocycles. The minimum atomic E-state index is 0.0951. The first kappa shape index (κ1) is 11.7. The summed E-state index contributed by atoms with van der Waals surface area (Å²) in [6.45, 7) is 7.16. The number of aromatic amines is 1. The maximum Gasteiger partial charge on any atom is 0.112 e. The van der Waals surface area contributed by atoms with Crippen molar-refractivity contribution in [2.24, 2.45) is 0 Å². The molecule has 2 rings (SSSR count). The molecule has 0 aliphatic rings. The number of hydrogen-bond acceptors (Lipinski definition) is 4. The van der Waals surface area contributed by atoms with E-state index in [4.69, 9.17) is 0 Å². The summed E-state index contributed by atoms with van der Waals surface area (Å²) in [7, 11) is 0. The van der Waals surface area contributed by atoms with Crippen LogP contribution in [0.4, 0.5) is 0 Å². The Hall–Kier alpha value is -1.75. The maximum atomic E-state index is 4.22. The molecule has 0 aromatic carbocycles. The number of hydrogen-bond donors (Lipinski definition) is 2. The van der Waals surface area contributed by atoms with Gasteiger partial charge in [-0.05, 0) is 26.8 Å². The standard InChI is InChI=1S/C12H17N5/c1-12(2,3)15-7-9-6-10(17-16-9)11-8-13-4-5-14-11/h4-6,8,15H,7H2,1-3H3,(H,16,17). The van der Waals surface area contributed by atoms with Gasteiger partial charge in [-0.3, -0.25) is 15.1 Å². The van der Waals surface area contributed by atoms with Crippen LogP contribution in [0.1, 0.15) is 26.5 Å². The smallest absolute Gasteiger partial charge is 0.112 e. The molecule has 90 valence electrons. The van der Waals surface area contributed by atoms with Gasteiger partial charge in [0.2, 0.25) is 0 Å². The van der Waals surface area contributed by atoms with Gasteiger partial charge in [0.1, 0.15) is 11.4 Å². The maximum absolute atomic E-state index is 4.22. The minimum absolute atomic E-state index is 0.0951. The van der Waals surface area contributed by atoms with Crippen molar-refractivity contribution in [2.45, 2.75) is 32.9 Å². The van der Waals surface area contributed by atoms with Crippen LogP contribution in [0.25, 0.3) is 11.4 Å². The van der Waals surface area contributed by atoms with Crippen LogP contribution in [0.15, 0.2) is 24.7 Å². The molecule has 0 aliphatic heterocycles. The lowest BCUT2D eigenvalue weighted by Crippen LogP contribution is -2.35. The van der Waals surface area contributed by atoms with E-state index in [0.717, 1.165) is 23.6 Å². The van der Waals surface area contributed by atoms with E-state index in [1.807, 2.05) is 6.07 Å². The lowest BCUT2D eigenvalue weighted by molar-refractivity contribution is 0.421. The lowest BCUT2D eigenvalue weighted by Gasteiger charge is -2.19. The molecule has 0 saturated carbocycles. The summed E-state index contributed by atoms with van der Waals surface area (Å²) >= 11 is 0. The second-order valence-electron chi connectivity index (χ2n) is 4.97. The predicted molar refractivity (Wildman–Crippen MR) is 66.2 cm³/mol. The van der Waals surface area contributed by atoms with Gasteiger partial charge in [0.05, 0.1) is 6.20 Å². The fourth-order valence-electron chi connectivity index (χ4n) is 1.38. The van der Waals surface area contributed by atoms with Crippen LogP contribution in [0, 0.1) is 0 Å². The zero-order valence-electron chi connectivity index (χ0n) is 10.4. The Kier molecular flexibility index (Phi) is 3.19. The summed E-state index contributed by atoms with van der Waals surface area (Å²) in [5, 5.41) is 10.6. The van der Waals surface area contributed by atoms with E-state index in [0.29, 0.717) is 0 Å². The summed E-state index contributed by atoms with van der Waals surface area (Å²) in [6.07, 6.45) is 5.02. The van der Waals surface area contributed by atoms with E-state index in [2.05, 4.69) is 46.3 Å². The summed E-state index contributed by atoms with van der Waals surface area (Å²) in [4.78, 5) is 8.23. The van der Waals surface area contributed by atoms with Gasteiger partial charge in [0.15, 0.2) is 0 Å². The molecule has 0 radical (unpaired) electrons. The van der Waals surface area contributed by atoms with E-state index >= 15 is 0 Å². The first-order valence-corrected chi connectivity index (χ1v) is 5.60. The number of nitrogens with one attached hydrogen (secondary N) is 2. The topological polar surface area (TPSA) is 66.5 Å². The molecular formula is C12H17N5. The highest BCUT2D eigenvalue weighted by atomic mass is 15.1. The molecule has 2 aromatic rings. The van der Waals surface area contributed by atoms with Gasteiger partial charge >= 0.3 is 0 Å². The van der Waals surface area contributed by atoms with E-state index in [1.54, 1.807) is 18.6 Å². The van der Waals surface area contributed by atoms with Crippen molar-refractivity contribution < 1.29 is 0 Å². The van der Waals surface area contributed by atoms with Gasteiger partial charge in [-0.1, -0.05) is 0 Å². The predicted octanol–water partition coefficient (Wildman–Crippen LogP) is 1.75. The van der Waals surface area contributed by atoms with Gasteiger partial charge < -0.3 is 5.32 Å². The Balaban J connectivity index is 2.07. The molecular weight excluding hydrogens is 214 g/mol. The number of aromatic nitrogens is 4. The molecule has 0 saturated heterocycles. The third-order valence-electron chi connectivity index (χ3n) is 2.27. The second kappa shape index (κ2) is 4.63. The average Bonchev–Trinajstić information content (AvgIpc) is 2.75. The van der Waals surface area contributed by atoms with Gasteiger partial charge in [0, 0.05) is 30.2 Å². The average molecular weight is 231 g/mol. The molecule has 0 amide bonds. The van der Waals surface area contributed by atoms with Crippen LogP contribution in [0.2, 0.25) is 0 Å². The van der Waals surface area contributed by atoms with Gasteiger partial charge in [0.25, 0.3) is 0 Å². The van der Waals surface area contributed by atoms with Gasteiger partial charge in [-0.2, -0.15) is 5.10 Å². The summed E-state index contributed by atoms with van der Waals surface area (Å²) in [5.41, 5.74) is 2.74. The van der Waals surface area contributed by atoms with Crippen molar-refractivity contribution in [3.8, 4) is 11.4 Å². The van der Waals surface area contributed by atoms with Crippen molar-refractivity contribution in [3.05, 3.63) is 30.4 Å². The number of rotatable bonds is 3. The Morgan fingerprint density at radius 1 is 1.24 bits per heavy atom. The van der Waals surface area contributed by atoms with Crippen LogP contribution < -0.4 is 5.32 Å². The summed E-state index contributed by atoms with van der Waals surface area (Å²) in [5.74, 6) is 0. The third kappa shape index (κ3) is 3.35. The highest BCUT2D eigenvalue weighted by Crippen LogP contribution is 2.13. The molecule has 0 unspecified atom stereocenters. The van der Waals surface area contributed by atoms with E-state index in [9.17, 15) is 0 Å². The Labute approximate surface area is 101 Å². The summed E-state index contributed by atoms with van der Waals surface area (Å²) < 4.78 is 0. The van der Waals surface area contributed by atoms with Crippen LogP contribution in [-0.2, 0) is 6.54 Å². The molecule has 0 aliphatic carbocycles. The monoisotopic (exact) mass is 231 g/mol.